The molecule has 1 amide bonds. The van der Waals surface area contributed by atoms with E-state index in [9.17, 15) is 9.59 Å². The predicted molar refractivity (Wildman–Crippen MR) is 77.1 cm³/mol. The summed E-state index contributed by atoms with van der Waals surface area (Å²) in [5.41, 5.74) is 5.98. The molecule has 0 saturated heterocycles. The summed E-state index contributed by atoms with van der Waals surface area (Å²) >= 11 is 0. The lowest BCUT2D eigenvalue weighted by Gasteiger charge is -2.12. The number of rotatable bonds is 8. The number of anilines is 1. The van der Waals surface area contributed by atoms with E-state index >= 15 is 0 Å². The van der Waals surface area contributed by atoms with Gasteiger partial charge < -0.3 is 25.3 Å². The van der Waals surface area contributed by atoms with E-state index in [4.69, 9.17) is 15.2 Å². The number of methoxy groups -OCH3 is 1. The quantitative estimate of drug-likeness (QED) is 0.412. The van der Waals surface area contributed by atoms with E-state index in [1.54, 1.807) is 38.3 Å². The molecule has 0 aliphatic rings. The lowest BCUT2D eigenvalue weighted by Crippen LogP contribution is -2.43. The molecule has 21 heavy (non-hydrogen) atoms. The molecule has 0 aromatic heterocycles. The molecule has 1 aromatic carbocycles. The van der Waals surface area contributed by atoms with Gasteiger partial charge in [0.25, 0.3) is 5.91 Å². The Balaban J connectivity index is 2.59. The van der Waals surface area contributed by atoms with Gasteiger partial charge in [-0.25, -0.2) is 4.79 Å². The topological polar surface area (TPSA) is 99.9 Å². The summed E-state index contributed by atoms with van der Waals surface area (Å²) in [6.07, 6.45) is 0. The fourth-order valence-electron chi connectivity index (χ4n) is 1.47. The molecule has 3 N–H and O–H groups in total. The molecule has 0 heterocycles. The Morgan fingerprint density at radius 3 is 2.76 bits per heavy atom. The number of nitrogens with two attached hydrogens (primary N) is 1. The summed E-state index contributed by atoms with van der Waals surface area (Å²) in [4.78, 5) is 23.2. The van der Waals surface area contributed by atoms with Gasteiger partial charge in [0.15, 0.2) is 6.04 Å². The normalized spacial score (nSPS) is 11.6. The van der Waals surface area contributed by atoms with Crippen molar-refractivity contribution >= 4 is 17.6 Å². The van der Waals surface area contributed by atoms with Crippen molar-refractivity contribution in [3.05, 3.63) is 24.3 Å². The van der Waals surface area contributed by atoms with Gasteiger partial charge in [0, 0.05) is 18.9 Å². The first-order chi connectivity index (χ1) is 10.1. The van der Waals surface area contributed by atoms with E-state index in [0.29, 0.717) is 24.7 Å². The van der Waals surface area contributed by atoms with Crippen LogP contribution in [0, 0.1) is 0 Å². The van der Waals surface area contributed by atoms with Crippen LogP contribution in [0.15, 0.2) is 24.3 Å². The summed E-state index contributed by atoms with van der Waals surface area (Å²) in [5, 5.41) is 2.54. The fourth-order valence-corrected chi connectivity index (χ4v) is 1.47. The highest BCUT2D eigenvalue weighted by Crippen LogP contribution is 2.17. The summed E-state index contributed by atoms with van der Waals surface area (Å²) in [6, 6.07) is 5.40. The minimum atomic E-state index is -1.36. The lowest BCUT2D eigenvalue weighted by atomic mass is 10.2. The molecule has 7 nitrogen and oxygen atoms in total. The van der Waals surface area contributed by atoms with Gasteiger partial charge in [-0.15, -0.1) is 0 Å². The largest absolute Gasteiger partial charge is 0.491 e. The van der Waals surface area contributed by atoms with Gasteiger partial charge in [-0.1, -0.05) is 6.07 Å². The minimum Gasteiger partial charge on any atom is -0.491 e. The first-order valence-corrected chi connectivity index (χ1v) is 6.53. The summed E-state index contributed by atoms with van der Waals surface area (Å²) < 4.78 is 15.0. The Bertz CT molecular complexity index is 478. The Morgan fingerprint density at radius 1 is 1.33 bits per heavy atom. The molecule has 0 saturated carbocycles. The number of carbonyl (C=O) groups is 2. The second-order valence-corrected chi connectivity index (χ2v) is 4.09. The number of nitrogens with one attached hydrogen (secondary N) is 1. The van der Waals surface area contributed by atoms with Crippen LogP contribution in [0.2, 0.25) is 0 Å². The maximum absolute atomic E-state index is 11.8. The van der Waals surface area contributed by atoms with E-state index in [-0.39, 0.29) is 6.61 Å². The minimum absolute atomic E-state index is 0.169. The van der Waals surface area contributed by atoms with E-state index in [0.717, 1.165) is 0 Å². The molecule has 0 spiro atoms. The molecule has 1 rings (SSSR count). The highest BCUT2D eigenvalue weighted by Gasteiger charge is 2.23. The van der Waals surface area contributed by atoms with Crippen molar-refractivity contribution in [2.75, 3.05) is 32.2 Å². The number of amides is 1. The van der Waals surface area contributed by atoms with E-state index in [1.165, 1.54) is 0 Å². The Morgan fingerprint density at radius 2 is 2.10 bits per heavy atom. The predicted octanol–water partition coefficient (Wildman–Crippen LogP) is 0.541. The van der Waals surface area contributed by atoms with E-state index in [1.807, 2.05) is 0 Å². The molecule has 1 atom stereocenters. The molecule has 0 aliphatic carbocycles. The zero-order chi connectivity index (χ0) is 15.7. The van der Waals surface area contributed by atoms with Crippen LogP contribution in [0.25, 0.3) is 0 Å². The second kappa shape index (κ2) is 8.93. The second-order valence-electron chi connectivity index (χ2n) is 4.09. The Kier molecular flexibility index (Phi) is 7.20. The molecule has 1 aromatic rings. The Hall–Kier alpha value is -2.12. The highest BCUT2D eigenvalue weighted by molar-refractivity contribution is 6.08. The average molecular weight is 296 g/mol. The van der Waals surface area contributed by atoms with Gasteiger partial charge in [-0.2, -0.15) is 0 Å². The van der Waals surface area contributed by atoms with Gasteiger partial charge in [0.05, 0.1) is 13.2 Å². The summed E-state index contributed by atoms with van der Waals surface area (Å²) in [7, 11) is 1.58. The number of benzene rings is 1. The molecule has 7 heteroatoms. The van der Waals surface area contributed by atoms with Gasteiger partial charge >= 0.3 is 5.97 Å². The SMILES string of the molecule is CCOC(=O)C(N)C(=O)Nc1cccc(OCCOC)c1. The third-order valence-electron chi connectivity index (χ3n) is 2.48. The van der Waals surface area contributed by atoms with Crippen molar-refractivity contribution < 1.29 is 23.8 Å². The standard InChI is InChI=1S/C14H20N2O5/c1-3-20-14(18)12(15)13(17)16-10-5-4-6-11(9-10)21-8-7-19-2/h4-6,9,12H,3,7-8,15H2,1-2H3,(H,16,17). The molecule has 1 unspecified atom stereocenters. The highest BCUT2D eigenvalue weighted by atomic mass is 16.5. The molecule has 116 valence electrons. The van der Waals surface area contributed by atoms with Crippen LogP contribution >= 0.6 is 0 Å². The van der Waals surface area contributed by atoms with Crippen molar-refractivity contribution in [3.8, 4) is 5.75 Å². The molecule has 0 radical (unpaired) electrons. The van der Waals surface area contributed by atoms with Crippen LogP contribution in [-0.4, -0.2) is 44.8 Å². The number of ether oxygens (including phenoxy) is 3. The Labute approximate surface area is 123 Å². The first kappa shape index (κ1) is 16.9. The van der Waals surface area contributed by atoms with Crippen molar-refractivity contribution in [1.82, 2.24) is 0 Å². The van der Waals surface area contributed by atoms with Crippen molar-refractivity contribution in [2.45, 2.75) is 13.0 Å². The number of hydrogen-bond acceptors (Lipinski definition) is 6. The van der Waals surface area contributed by atoms with Crippen LogP contribution in [0.5, 0.6) is 5.75 Å². The summed E-state index contributed by atoms with van der Waals surface area (Å²) in [5.74, 6) is -0.820. The third-order valence-corrected chi connectivity index (χ3v) is 2.48. The maximum Gasteiger partial charge on any atom is 0.332 e. The molecule has 0 bridgehead atoms. The third kappa shape index (κ3) is 5.80. The first-order valence-electron chi connectivity index (χ1n) is 6.53. The molecule has 0 fully saturated rings. The number of hydrogen-bond donors (Lipinski definition) is 2. The van der Waals surface area contributed by atoms with Crippen LogP contribution in [0.4, 0.5) is 5.69 Å². The van der Waals surface area contributed by atoms with E-state index in [2.05, 4.69) is 10.1 Å². The number of carbonyl (C=O) groups excluding carboxylic acids is 2. The van der Waals surface area contributed by atoms with E-state index < -0.39 is 17.9 Å². The number of esters is 1. The van der Waals surface area contributed by atoms with Gasteiger partial charge in [-0.05, 0) is 19.1 Å². The van der Waals surface area contributed by atoms with Gasteiger partial charge in [0.2, 0.25) is 0 Å². The lowest BCUT2D eigenvalue weighted by molar-refractivity contribution is -0.146. The summed E-state index contributed by atoms with van der Waals surface area (Å²) in [6.45, 7) is 2.67. The zero-order valence-electron chi connectivity index (χ0n) is 12.1. The van der Waals surface area contributed by atoms with Gasteiger partial charge in [0.1, 0.15) is 12.4 Å². The van der Waals surface area contributed by atoms with Crippen LogP contribution in [0.1, 0.15) is 6.92 Å². The smallest absolute Gasteiger partial charge is 0.332 e. The van der Waals surface area contributed by atoms with Crippen LogP contribution in [0.3, 0.4) is 0 Å². The maximum atomic E-state index is 11.8. The van der Waals surface area contributed by atoms with Crippen LogP contribution in [-0.2, 0) is 19.1 Å². The molecule has 0 aliphatic heterocycles. The monoisotopic (exact) mass is 296 g/mol. The fraction of sp³-hybridized carbons (Fsp3) is 0.429. The van der Waals surface area contributed by atoms with Crippen molar-refractivity contribution in [1.29, 1.82) is 0 Å². The van der Waals surface area contributed by atoms with Gasteiger partial charge in [-0.3, -0.25) is 4.79 Å². The molecular weight excluding hydrogens is 276 g/mol. The van der Waals surface area contributed by atoms with Crippen molar-refractivity contribution in [2.24, 2.45) is 5.73 Å². The average Bonchev–Trinajstić information content (AvgIpc) is 2.47. The molecular formula is C14H20N2O5. The zero-order valence-corrected chi connectivity index (χ0v) is 12.1. The van der Waals surface area contributed by atoms with Crippen LogP contribution < -0.4 is 15.8 Å². The van der Waals surface area contributed by atoms with Crippen molar-refractivity contribution in [3.63, 3.8) is 0 Å².